The average Bonchev–Trinajstić information content (AvgIpc) is 3.96. The molecule has 69 heavy (non-hydrogen) atoms. The maximum Gasteiger partial charge on any atom is 0.0713 e. The number of thiophene rings is 1. The molecule has 1 aromatic heterocycles. The molecule has 13 rings (SSSR count). The Balaban J connectivity index is 0.904. The Morgan fingerprint density at radius 1 is 0.261 bits per heavy atom. The van der Waals surface area contributed by atoms with Gasteiger partial charge in [0.25, 0.3) is 0 Å². The molecule has 12 aromatic rings. The van der Waals surface area contributed by atoms with Gasteiger partial charge >= 0.3 is 0 Å². The minimum atomic E-state index is -0.469. The zero-order chi connectivity index (χ0) is 45.7. The molecule has 1 heterocycles. The molecule has 0 radical (unpaired) electrons. The van der Waals surface area contributed by atoms with Crippen LogP contribution in [0.15, 0.2) is 273 Å². The Morgan fingerprint density at radius 2 is 0.696 bits per heavy atom. The van der Waals surface area contributed by atoms with Crippen LogP contribution >= 0.6 is 11.3 Å². The molecule has 0 saturated heterocycles. The SMILES string of the molecule is c1ccc(-c2ccc(-c3cccc(N(c4ccc(-c5cccc(-c6ccc7sc8ccccc8c7c6)c5)cc4)c4ccc(C5(c6ccccc6)c6ccccc6-c6ccccc65)cc4)c3)cc2)cc1. The Bertz CT molecular complexity index is 3770. The van der Waals surface area contributed by atoms with E-state index in [0.717, 1.165) is 22.6 Å². The summed E-state index contributed by atoms with van der Waals surface area (Å²) in [6.45, 7) is 0. The van der Waals surface area contributed by atoms with Gasteiger partial charge in [0.15, 0.2) is 0 Å². The second-order valence-corrected chi connectivity index (χ2v) is 19.1. The first-order chi connectivity index (χ1) is 34.2. The summed E-state index contributed by atoms with van der Waals surface area (Å²) in [7, 11) is 0. The second kappa shape index (κ2) is 16.9. The lowest BCUT2D eigenvalue weighted by atomic mass is 9.68. The summed E-state index contributed by atoms with van der Waals surface area (Å²) in [5.74, 6) is 0. The lowest BCUT2D eigenvalue weighted by Crippen LogP contribution is -2.28. The van der Waals surface area contributed by atoms with E-state index in [1.807, 2.05) is 11.3 Å². The Kier molecular flexibility index (Phi) is 10.00. The van der Waals surface area contributed by atoms with Crippen molar-refractivity contribution in [2.45, 2.75) is 5.41 Å². The molecule has 0 N–H and O–H groups in total. The van der Waals surface area contributed by atoms with E-state index in [1.54, 1.807) is 0 Å². The maximum atomic E-state index is 2.40. The largest absolute Gasteiger partial charge is 0.310 e. The normalized spacial score (nSPS) is 12.5. The van der Waals surface area contributed by atoms with Crippen molar-refractivity contribution in [3.63, 3.8) is 0 Å². The summed E-state index contributed by atoms with van der Waals surface area (Å²) < 4.78 is 2.65. The number of nitrogens with zero attached hydrogens (tertiary/aromatic N) is 1. The van der Waals surface area contributed by atoms with Gasteiger partial charge in [0.1, 0.15) is 0 Å². The molecule has 1 aliphatic rings. The first kappa shape index (κ1) is 40.7. The summed E-state index contributed by atoms with van der Waals surface area (Å²) in [4.78, 5) is 2.40. The highest BCUT2D eigenvalue weighted by molar-refractivity contribution is 7.25. The van der Waals surface area contributed by atoms with Gasteiger partial charge in [-0.3, -0.25) is 0 Å². The summed E-state index contributed by atoms with van der Waals surface area (Å²) in [6.07, 6.45) is 0. The molecule has 2 heteroatoms. The van der Waals surface area contributed by atoms with Crippen LogP contribution in [0.4, 0.5) is 17.1 Å². The topological polar surface area (TPSA) is 3.24 Å². The molecule has 1 nitrogen and oxygen atoms in total. The highest BCUT2D eigenvalue weighted by Crippen LogP contribution is 2.56. The Hall–Kier alpha value is -8.56. The number of fused-ring (bicyclic) bond motifs is 6. The van der Waals surface area contributed by atoms with E-state index in [9.17, 15) is 0 Å². The first-order valence-electron chi connectivity index (χ1n) is 23.7. The lowest BCUT2D eigenvalue weighted by molar-refractivity contribution is 0.768. The molecule has 11 aromatic carbocycles. The van der Waals surface area contributed by atoms with Crippen molar-refractivity contribution in [1.29, 1.82) is 0 Å². The van der Waals surface area contributed by atoms with Gasteiger partial charge in [0.2, 0.25) is 0 Å². The van der Waals surface area contributed by atoms with E-state index in [4.69, 9.17) is 0 Å². The molecule has 0 amide bonds. The maximum absolute atomic E-state index is 2.40. The van der Waals surface area contributed by atoms with Crippen LogP contribution < -0.4 is 4.90 Å². The van der Waals surface area contributed by atoms with Crippen LogP contribution in [-0.2, 0) is 5.41 Å². The zero-order valence-electron chi connectivity index (χ0n) is 37.8. The summed E-state index contributed by atoms with van der Waals surface area (Å²) >= 11 is 1.86. The number of anilines is 3. The molecule has 0 aliphatic heterocycles. The molecule has 0 saturated carbocycles. The van der Waals surface area contributed by atoms with Crippen LogP contribution in [0.25, 0.3) is 75.8 Å². The van der Waals surface area contributed by atoms with Crippen LogP contribution in [0.1, 0.15) is 22.3 Å². The lowest BCUT2D eigenvalue weighted by Gasteiger charge is -2.34. The van der Waals surface area contributed by atoms with Gasteiger partial charge in [0, 0.05) is 37.2 Å². The van der Waals surface area contributed by atoms with Crippen molar-refractivity contribution < 1.29 is 0 Å². The molecule has 324 valence electrons. The summed E-state index contributed by atoms with van der Waals surface area (Å²) in [5.41, 5.74) is 20.1. The molecular formula is C67H45NS. The van der Waals surface area contributed by atoms with Crippen LogP contribution in [0.3, 0.4) is 0 Å². The summed E-state index contributed by atoms with van der Waals surface area (Å²) in [5, 5.41) is 2.64. The van der Waals surface area contributed by atoms with E-state index >= 15 is 0 Å². The number of rotatable bonds is 9. The van der Waals surface area contributed by atoms with E-state index in [0.29, 0.717) is 0 Å². The van der Waals surface area contributed by atoms with E-state index in [2.05, 4.69) is 278 Å². The Morgan fingerprint density at radius 3 is 1.38 bits per heavy atom. The van der Waals surface area contributed by atoms with Crippen molar-refractivity contribution in [2.24, 2.45) is 0 Å². The molecule has 0 spiro atoms. The van der Waals surface area contributed by atoms with Gasteiger partial charge < -0.3 is 4.90 Å². The zero-order valence-corrected chi connectivity index (χ0v) is 38.7. The molecule has 0 unspecified atom stereocenters. The van der Waals surface area contributed by atoms with Gasteiger partial charge in [-0.15, -0.1) is 11.3 Å². The highest BCUT2D eigenvalue weighted by Gasteiger charge is 2.45. The first-order valence-corrected chi connectivity index (χ1v) is 24.5. The molecule has 0 atom stereocenters. The monoisotopic (exact) mass is 895 g/mol. The molecule has 0 fully saturated rings. The van der Waals surface area contributed by atoms with Gasteiger partial charge in [0.05, 0.1) is 5.41 Å². The Labute approximate surface area is 407 Å². The van der Waals surface area contributed by atoms with Crippen LogP contribution in [0.5, 0.6) is 0 Å². The van der Waals surface area contributed by atoms with Gasteiger partial charge in [-0.2, -0.15) is 0 Å². The molecule has 1 aliphatic carbocycles. The predicted molar refractivity (Wildman–Crippen MR) is 293 cm³/mol. The van der Waals surface area contributed by atoms with Crippen molar-refractivity contribution in [1.82, 2.24) is 0 Å². The van der Waals surface area contributed by atoms with Gasteiger partial charge in [-0.05, 0) is 139 Å². The van der Waals surface area contributed by atoms with Crippen molar-refractivity contribution in [3.8, 4) is 55.6 Å². The fourth-order valence-electron chi connectivity index (χ4n) is 10.9. The summed E-state index contributed by atoms with van der Waals surface area (Å²) in [6, 6.07) is 100. The highest BCUT2D eigenvalue weighted by atomic mass is 32.1. The number of benzene rings is 11. The van der Waals surface area contributed by atoms with Crippen molar-refractivity contribution in [3.05, 3.63) is 295 Å². The quantitative estimate of drug-likeness (QED) is 0.140. The van der Waals surface area contributed by atoms with Crippen LogP contribution in [0.2, 0.25) is 0 Å². The van der Waals surface area contributed by atoms with Crippen LogP contribution in [-0.4, -0.2) is 0 Å². The van der Waals surface area contributed by atoms with E-state index < -0.39 is 5.41 Å². The third kappa shape index (κ3) is 7.00. The van der Waals surface area contributed by atoms with Crippen LogP contribution in [0, 0.1) is 0 Å². The third-order valence-corrected chi connectivity index (χ3v) is 15.3. The van der Waals surface area contributed by atoms with Crippen molar-refractivity contribution >= 4 is 48.6 Å². The smallest absolute Gasteiger partial charge is 0.0713 e. The van der Waals surface area contributed by atoms with Crippen molar-refractivity contribution in [2.75, 3.05) is 4.90 Å². The average molecular weight is 896 g/mol. The molecule has 0 bridgehead atoms. The molecular weight excluding hydrogens is 851 g/mol. The van der Waals surface area contributed by atoms with E-state index in [1.165, 1.54) is 92.5 Å². The van der Waals surface area contributed by atoms with Gasteiger partial charge in [-0.1, -0.05) is 212 Å². The van der Waals surface area contributed by atoms with Gasteiger partial charge in [-0.25, -0.2) is 0 Å². The predicted octanol–water partition coefficient (Wildman–Crippen LogP) is 18.6. The fourth-order valence-corrected chi connectivity index (χ4v) is 12.0. The minimum Gasteiger partial charge on any atom is -0.310 e. The number of hydrogen-bond acceptors (Lipinski definition) is 2. The second-order valence-electron chi connectivity index (χ2n) is 18.0. The standard InChI is InChI=1S/C67H45NS/c1-3-15-46(16-4-1)47-29-31-48(32-30-47)52-19-14-22-58(44-52)68(56-38-33-49(34-39-56)50-17-13-18-51(43-50)53-35-42-66-62(45-53)61-25-9-12-28-65(61)69-66)57-40-36-55(37-41-57)67(54-20-5-2-6-21-54)63-26-10-7-23-59(63)60-24-8-11-27-64(60)67/h1-45H. The number of hydrogen-bond donors (Lipinski definition) is 0. The third-order valence-electron chi connectivity index (χ3n) is 14.2. The minimum absolute atomic E-state index is 0.469. The van der Waals surface area contributed by atoms with E-state index in [-0.39, 0.29) is 0 Å². The fraction of sp³-hybridized carbons (Fsp3) is 0.0149.